The van der Waals surface area contributed by atoms with Crippen molar-refractivity contribution < 1.29 is 13.2 Å². The number of imidazole rings is 1. The third kappa shape index (κ3) is 2.50. The zero-order valence-electron chi connectivity index (χ0n) is 11.6. The maximum absolute atomic E-state index is 12.6. The molecule has 2 N–H and O–H groups in total. The smallest absolute Gasteiger partial charge is 0.383 e. The van der Waals surface area contributed by atoms with Gasteiger partial charge in [-0.1, -0.05) is 12.1 Å². The molecule has 0 atom stereocenters. The van der Waals surface area contributed by atoms with Gasteiger partial charge in [0.15, 0.2) is 0 Å². The molecular weight excluding hydrogens is 279 g/mol. The normalized spacial score (nSPS) is 15.4. The van der Waals surface area contributed by atoms with Gasteiger partial charge >= 0.3 is 6.18 Å². The number of alkyl halides is 3. The summed E-state index contributed by atoms with van der Waals surface area (Å²) in [6.45, 7) is 2.70. The van der Waals surface area contributed by atoms with Gasteiger partial charge in [-0.3, -0.25) is 0 Å². The largest absolute Gasteiger partial charge is 0.416 e. The topological polar surface area (TPSA) is 43.8 Å². The molecule has 1 aromatic carbocycles. The summed E-state index contributed by atoms with van der Waals surface area (Å²) < 4.78 is 39.7. The Hall–Kier alpha value is -1.98. The van der Waals surface area contributed by atoms with E-state index in [1.807, 2.05) is 11.5 Å². The van der Waals surface area contributed by atoms with E-state index in [2.05, 4.69) is 4.98 Å². The highest BCUT2D eigenvalue weighted by Crippen LogP contribution is 2.42. The molecular formula is C15H16F3N3. The molecule has 1 fully saturated rings. The first-order valence-electron chi connectivity index (χ1n) is 6.95. The summed E-state index contributed by atoms with van der Waals surface area (Å²) >= 11 is 0. The van der Waals surface area contributed by atoms with Gasteiger partial charge in [-0.25, -0.2) is 4.98 Å². The molecule has 0 saturated heterocycles. The number of anilines is 1. The fourth-order valence-corrected chi connectivity index (χ4v) is 2.50. The summed E-state index contributed by atoms with van der Waals surface area (Å²) in [7, 11) is 0. The predicted molar refractivity (Wildman–Crippen MR) is 74.7 cm³/mol. The lowest BCUT2D eigenvalue weighted by atomic mass is 10.1. The quantitative estimate of drug-likeness (QED) is 0.928. The molecule has 0 radical (unpaired) electrons. The third-order valence-electron chi connectivity index (χ3n) is 3.78. The van der Waals surface area contributed by atoms with Crippen LogP contribution in [-0.2, 0) is 12.7 Å². The van der Waals surface area contributed by atoms with Crippen molar-refractivity contribution in [3.8, 4) is 11.3 Å². The van der Waals surface area contributed by atoms with Crippen molar-refractivity contribution in [1.29, 1.82) is 0 Å². The van der Waals surface area contributed by atoms with Crippen LogP contribution in [0.4, 0.5) is 19.0 Å². The van der Waals surface area contributed by atoms with Crippen LogP contribution >= 0.6 is 0 Å². The van der Waals surface area contributed by atoms with E-state index in [9.17, 15) is 13.2 Å². The molecule has 21 heavy (non-hydrogen) atoms. The maximum Gasteiger partial charge on any atom is 0.416 e. The molecule has 1 aliphatic carbocycles. The second-order valence-corrected chi connectivity index (χ2v) is 5.30. The average molecular weight is 295 g/mol. The lowest BCUT2D eigenvalue weighted by Crippen LogP contribution is -2.05. The van der Waals surface area contributed by atoms with Crippen LogP contribution in [0.5, 0.6) is 0 Å². The lowest BCUT2D eigenvalue weighted by molar-refractivity contribution is -0.137. The van der Waals surface area contributed by atoms with E-state index in [1.165, 1.54) is 12.1 Å². The Balaban J connectivity index is 2.00. The van der Waals surface area contributed by atoms with Crippen LogP contribution in [0, 0.1) is 0 Å². The van der Waals surface area contributed by atoms with Crippen LogP contribution in [0.3, 0.4) is 0 Å². The number of hydrogen-bond acceptors (Lipinski definition) is 2. The van der Waals surface area contributed by atoms with Crippen LogP contribution in [0.1, 0.15) is 37.1 Å². The van der Waals surface area contributed by atoms with Crippen molar-refractivity contribution in [2.45, 2.75) is 38.4 Å². The summed E-state index contributed by atoms with van der Waals surface area (Å²) in [4.78, 5) is 4.56. The summed E-state index contributed by atoms with van der Waals surface area (Å²) in [5.74, 6) is 1.92. The number of nitrogens with zero attached hydrogens (tertiary/aromatic N) is 2. The number of benzene rings is 1. The minimum atomic E-state index is -4.33. The molecule has 0 bridgehead atoms. The Bertz CT molecular complexity index is 652. The Morgan fingerprint density at radius 1 is 1.24 bits per heavy atom. The fourth-order valence-electron chi connectivity index (χ4n) is 2.50. The van der Waals surface area contributed by atoms with Crippen LogP contribution in [-0.4, -0.2) is 9.55 Å². The SMILES string of the molecule is CCn1c(C2CC2)nc(-c2ccc(C(F)(F)F)cc2)c1N. The molecule has 1 aliphatic rings. The molecule has 112 valence electrons. The standard InChI is InChI=1S/C15H16F3N3/c1-2-21-13(19)12(20-14(21)10-3-4-10)9-5-7-11(8-6-9)15(16,17)18/h5-8,10H,2-4,19H2,1H3. The van der Waals surface area contributed by atoms with Gasteiger partial charge in [-0.2, -0.15) is 13.2 Å². The van der Waals surface area contributed by atoms with Gasteiger partial charge in [-0.15, -0.1) is 0 Å². The summed E-state index contributed by atoms with van der Waals surface area (Å²) in [6, 6.07) is 4.99. The highest BCUT2D eigenvalue weighted by Gasteiger charge is 2.32. The van der Waals surface area contributed by atoms with Crippen molar-refractivity contribution in [2.24, 2.45) is 0 Å². The van der Waals surface area contributed by atoms with E-state index < -0.39 is 11.7 Å². The Morgan fingerprint density at radius 2 is 1.86 bits per heavy atom. The van der Waals surface area contributed by atoms with E-state index in [0.29, 0.717) is 29.5 Å². The first-order chi connectivity index (χ1) is 9.91. The van der Waals surface area contributed by atoms with Gasteiger partial charge in [0.1, 0.15) is 17.3 Å². The Kier molecular flexibility index (Phi) is 3.19. The summed E-state index contributed by atoms with van der Waals surface area (Å²) in [5, 5.41) is 0. The monoisotopic (exact) mass is 295 g/mol. The minimum Gasteiger partial charge on any atom is -0.383 e. The van der Waals surface area contributed by atoms with Gasteiger partial charge in [0.2, 0.25) is 0 Å². The molecule has 0 unspecified atom stereocenters. The van der Waals surface area contributed by atoms with Gasteiger partial charge < -0.3 is 10.3 Å². The molecule has 3 nitrogen and oxygen atoms in total. The van der Waals surface area contributed by atoms with Crippen LogP contribution in [0.2, 0.25) is 0 Å². The molecule has 2 aromatic rings. The molecule has 1 heterocycles. The van der Waals surface area contributed by atoms with Crippen molar-refractivity contribution in [3.63, 3.8) is 0 Å². The van der Waals surface area contributed by atoms with Gasteiger partial charge in [0.25, 0.3) is 0 Å². The average Bonchev–Trinajstić information content (AvgIpc) is 3.22. The van der Waals surface area contributed by atoms with Crippen LogP contribution in [0.15, 0.2) is 24.3 Å². The molecule has 1 aromatic heterocycles. The van der Waals surface area contributed by atoms with E-state index >= 15 is 0 Å². The molecule has 0 aliphatic heterocycles. The second kappa shape index (κ2) is 4.79. The zero-order valence-corrected chi connectivity index (χ0v) is 11.6. The molecule has 0 amide bonds. The predicted octanol–water partition coefficient (Wildman–Crippen LogP) is 4.05. The van der Waals surface area contributed by atoms with E-state index in [0.717, 1.165) is 30.8 Å². The second-order valence-electron chi connectivity index (χ2n) is 5.30. The van der Waals surface area contributed by atoms with E-state index in [-0.39, 0.29) is 0 Å². The van der Waals surface area contributed by atoms with Crippen molar-refractivity contribution in [3.05, 3.63) is 35.7 Å². The van der Waals surface area contributed by atoms with Gasteiger partial charge in [-0.05, 0) is 31.9 Å². The fraction of sp³-hybridized carbons (Fsp3) is 0.400. The number of rotatable bonds is 3. The summed E-state index contributed by atoms with van der Waals surface area (Å²) in [5.41, 5.74) is 6.65. The summed E-state index contributed by atoms with van der Waals surface area (Å²) in [6.07, 6.45) is -2.13. The highest BCUT2D eigenvalue weighted by atomic mass is 19.4. The molecule has 0 spiro atoms. The number of nitrogen functional groups attached to an aromatic ring is 1. The zero-order chi connectivity index (χ0) is 15.2. The van der Waals surface area contributed by atoms with Gasteiger partial charge in [0, 0.05) is 18.0 Å². The highest BCUT2D eigenvalue weighted by molar-refractivity contribution is 5.71. The minimum absolute atomic E-state index is 0.440. The van der Waals surface area contributed by atoms with E-state index in [4.69, 9.17) is 5.73 Å². The maximum atomic E-state index is 12.6. The number of hydrogen-bond donors (Lipinski definition) is 1. The third-order valence-corrected chi connectivity index (χ3v) is 3.78. The molecule has 1 saturated carbocycles. The van der Waals surface area contributed by atoms with Crippen LogP contribution in [0.25, 0.3) is 11.3 Å². The Morgan fingerprint density at radius 3 is 2.33 bits per heavy atom. The lowest BCUT2D eigenvalue weighted by Gasteiger charge is -2.07. The first-order valence-corrected chi connectivity index (χ1v) is 6.95. The van der Waals surface area contributed by atoms with Crippen molar-refractivity contribution >= 4 is 5.82 Å². The van der Waals surface area contributed by atoms with Crippen LogP contribution < -0.4 is 5.73 Å². The molecule has 6 heteroatoms. The number of aromatic nitrogens is 2. The first kappa shape index (κ1) is 14.0. The van der Waals surface area contributed by atoms with Crippen molar-refractivity contribution in [1.82, 2.24) is 9.55 Å². The van der Waals surface area contributed by atoms with E-state index in [1.54, 1.807) is 0 Å². The number of halogens is 3. The van der Waals surface area contributed by atoms with Gasteiger partial charge in [0.05, 0.1) is 5.56 Å². The Labute approximate surface area is 120 Å². The number of nitrogens with two attached hydrogens (primary N) is 1. The molecule has 3 rings (SSSR count). The van der Waals surface area contributed by atoms with Crippen molar-refractivity contribution in [2.75, 3.05) is 5.73 Å².